The average Bonchev–Trinajstić information content (AvgIpc) is 2.72. The summed E-state index contributed by atoms with van der Waals surface area (Å²) in [5.74, 6) is -0.728. The summed E-state index contributed by atoms with van der Waals surface area (Å²) in [6.07, 6.45) is 3.17. The van der Waals surface area contributed by atoms with E-state index < -0.39 is 5.97 Å². The molecule has 0 aliphatic rings. The first-order chi connectivity index (χ1) is 13.9. The van der Waals surface area contributed by atoms with E-state index in [9.17, 15) is 19.8 Å². The first kappa shape index (κ1) is 19.9. The molecule has 0 fully saturated rings. The van der Waals surface area contributed by atoms with Crippen LogP contribution in [-0.4, -0.2) is 40.0 Å². The maximum atomic E-state index is 12.8. The number of hydrogen-bond donors (Lipinski definition) is 2. The van der Waals surface area contributed by atoms with Crippen LogP contribution >= 0.6 is 0 Å². The molecule has 0 atom stereocenters. The van der Waals surface area contributed by atoms with Crippen molar-refractivity contribution in [3.05, 3.63) is 57.5 Å². The quantitative estimate of drug-likeness (QED) is 0.659. The van der Waals surface area contributed by atoms with E-state index in [0.29, 0.717) is 23.1 Å². The number of aromatic nitrogens is 2. The van der Waals surface area contributed by atoms with E-state index in [-0.39, 0.29) is 34.1 Å². The van der Waals surface area contributed by atoms with Crippen molar-refractivity contribution in [2.24, 2.45) is 0 Å². The molecule has 1 heterocycles. The summed E-state index contributed by atoms with van der Waals surface area (Å²) in [4.78, 5) is 28.4. The molecule has 2 N–H and O–H groups in total. The van der Waals surface area contributed by atoms with Crippen molar-refractivity contribution >= 4 is 29.2 Å². The van der Waals surface area contributed by atoms with Gasteiger partial charge in [0.1, 0.15) is 5.69 Å². The number of rotatable bonds is 6. The number of phenolic OH excluding ortho intramolecular Hbond substituents is 1. The van der Waals surface area contributed by atoms with Gasteiger partial charge in [-0.05, 0) is 48.9 Å². The van der Waals surface area contributed by atoms with Crippen molar-refractivity contribution in [1.82, 2.24) is 9.55 Å². The van der Waals surface area contributed by atoms with Gasteiger partial charge in [-0.3, -0.25) is 4.79 Å². The fourth-order valence-corrected chi connectivity index (χ4v) is 3.01. The van der Waals surface area contributed by atoms with Gasteiger partial charge in [0.2, 0.25) is 5.75 Å². The summed E-state index contributed by atoms with van der Waals surface area (Å²) < 4.78 is 11.8. The monoisotopic (exact) mass is 396 g/mol. The van der Waals surface area contributed by atoms with Crippen molar-refractivity contribution in [2.45, 2.75) is 13.5 Å². The predicted molar refractivity (Wildman–Crippen MR) is 109 cm³/mol. The molecular weight excluding hydrogens is 376 g/mol. The van der Waals surface area contributed by atoms with E-state index in [1.807, 2.05) is 6.92 Å². The van der Waals surface area contributed by atoms with Gasteiger partial charge in [-0.25, -0.2) is 9.78 Å². The van der Waals surface area contributed by atoms with Crippen LogP contribution in [0.5, 0.6) is 17.2 Å². The van der Waals surface area contributed by atoms with Gasteiger partial charge >= 0.3 is 5.97 Å². The molecule has 1 aromatic heterocycles. The van der Waals surface area contributed by atoms with Crippen molar-refractivity contribution < 1.29 is 24.5 Å². The second kappa shape index (κ2) is 8.05. The number of aryl methyl sites for hydroxylation is 1. The predicted octanol–water partition coefficient (Wildman–Crippen LogP) is 3.01. The molecule has 3 aromatic rings. The molecule has 3 rings (SSSR count). The lowest BCUT2D eigenvalue weighted by atomic mass is 10.1. The smallest absolute Gasteiger partial charge is 0.335 e. The molecule has 0 aliphatic carbocycles. The molecular formula is C21H20N2O6. The Bertz CT molecular complexity index is 1150. The highest BCUT2D eigenvalue weighted by atomic mass is 16.5. The number of aromatic hydroxyl groups is 1. The zero-order chi connectivity index (χ0) is 21.1. The van der Waals surface area contributed by atoms with Gasteiger partial charge in [0, 0.05) is 6.54 Å². The van der Waals surface area contributed by atoms with Gasteiger partial charge in [-0.15, -0.1) is 0 Å². The van der Waals surface area contributed by atoms with Crippen LogP contribution in [0.25, 0.3) is 23.2 Å². The fraction of sp³-hybridized carbons (Fsp3) is 0.190. The summed E-state index contributed by atoms with van der Waals surface area (Å²) in [6, 6.07) is 7.65. The lowest BCUT2D eigenvalue weighted by Crippen LogP contribution is -2.23. The molecule has 0 unspecified atom stereocenters. The van der Waals surface area contributed by atoms with E-state index in [1.165, 1.54) is 37.0 Å². The maximum Gasteiger partial charge on any atom is 0.335 e. The second-order valence-corrected chi connectivity index (χ2v) is 6.16. The van der Waals surface area contributed by atoms with E-state index >= 15 is 0 Å². The van der Waals surface area contributed by atoms with Crippen LogP contribution in [0.2, 0.25) is 0 Å². The minimum absolute atomic E-state index is 0.0919. The molecule has 29 heavy (non-hydrogen) atoms. The number of hydrogen-bond acceptors (Lipinski definition) is 6. The molecule has 0 aliphatic heterocycles. The molecule has 0 saturated carbocycles. The third-order valence-corrected chi connectivity index (χ3v) is 4.47. The van der Waals surface area contributed by atoms with Crippen molar-refractivity contribution in [3.8, 4) is 17.2 Å². The van der Waals surface area contributed by atoms with E-state index in [4.69, 9.17) is 9.47 Å². The summed E-state index contributed by atoms with van der Waals surface area (Å²) >= 11 is 0. The SMILES string of the molecule is CCn1c(=O)c(C=Cc2cc(OC)c(O)c(OC)c2)nc2cc(C(=O)O)ccc21. The van der Waals surface area contributed by atoms with Crippen LogP contribution in [0.15, 0.2) is 35.1 Å². The number of phenols is 1. The standard InChI is InChI=1S/C21H20N2O6/c1-4-23-16-8-6-13(21(26)27)11-15(16)22-14(20(23)25)7-5-12-9-17(28-2)19(24)18(10-12)29-3/h5-11,24H,4H2,1-3H3,(H,26,27). The van der Waals surface area contributed by atoms with Gasteiger partial charge < -0.3 is 24.3 Å². The number of ether oxygens (including phenoxy) is 2. The highest BCUT2D eigenvalue weighted by Crippen LogP contribution is 2.37. The zero-order valence-corrected chi connectivity index (χ0v) is 16.2. The molecule has 0 radical (unpaired) electrons. The molecule has 8 nitrogen and oxygen atoms in total. The maximum absolute atomic E-state index is 12.8. The third-order valence-electron chi connectivity index (χ3n) is 4.47. The molecule has 0 amide bonds. The Hall–Kier alpha value is -3.81. The Morgan fingerprint density at radius 1 is 1.14 bits per heavy atom. The number of aromatic carboxylic acids is 1. The Morgan fingerprint density at radius 3 is 2.34 bits per heavy atom. The Morgan fingerprint density at radius 2 is 1.79 bits per heavy atom. The molecule has 2 aromatic carbocycles. The number of benzene rings is 2. The van der Waals surface area contributed by atoms with Crippen molar-refractivity contribution in [3.63, 3.8) is 0 Å². The number of carboxylic acids is 1. The Balaban J connectivity index is 2.13. The molecule has 0 saturated heterocycles. The van der Waals surface area contributed by atoms with Gasteiger partial charge in [-0.2, -0.15) is 0 Å². The van der Waals surface area contributed by atoms with Gasteiger partial charge in [0.05, 0.1) is 30.8 Å². The summed E-state index contributed by atoms with van der Waals surface area (Å²) in [7, 11) is 2.85. The van der Waals surface area contributed by atoms with Crippen LogP contribution in [0.1, 0.15) is 28.5 Å². The summed E-state index contributed by atoms with van der Waals surface area (Å²) in [5.41, 5.74) is 1.55. The van der Waals surface area contributed by atoms with Crippen LogP contribution in [-0.2, 0) is 6.54 Å². The minimum atomic E-state index is -1.07. The van der Waals surface area contributed by atoms with Crippen LogP contribution in [0, 0.1) is 0 Å². The van der Waals surface area contributed by atoms with Crippen LogP contribution in [0.3, 0.4) is 0 Å². The highest BCUT2D eigenvalue weighted by molar-refractivity contribution is 5.92. The van der Waals surface area contributed by atoms with Crippen LogP contribution < -0.4 is 15.0 Å². The minimum Gasteiger partial charge on any atom is -0.502 e. The first-order valence-electron chi connectivity index (χ1n) is 8.80. The van der Waals surface area contributed by atoms with Gasteiger partial charge in [0.25, 0.3) is 5.56 Å². The van der Waals surface area contributed by atoms with E-state index in [1.54, 1.807) is 24.3 Å². The summed E-state index contributed by atoms with van der Waals surface area (Å²) in [5, 5.41) is 19.2. The van der Waals surface area contributed by atoms with Crippen molar-refractivity contribution in [1.29, 1.82) is 0 Å². The summed E-state index contributed by atoms with van der Waals surface area (Å²) in [6.45, 7) is 2.24. The fourth-order valence-electron chi connectivity index (χ4n) is 3.01. The van der Waals surface area contributed by atoms with Crippen molar-refractivity contribution in [2.75, 3.05) is 14.2 Å². The van der Waals surface area contributed by atoms with Gasteiger partial charge in [-0.1, -0.05) is 6.08 Å². The average molecular weight is 396 g/mol. The second-order valence-electron chi connectivity index (χ2n) is 6.16. The zero-order valence-electron chi connectivity index (χ0n) is 16.2. The number of carboxylic acid groups (broad SMARTS) is 1. The molecule has 0 bridgehead atoms. The lowest BCUT2D eigenvalue weighted by Gasteiger charge is -2.10. The Kier molecular flexibility index (Phi) is 5.54. The lowest BCUT2D eigenvalue weighted by molar-refractivity contribution is 0.0697. The largest absolute Gasteiger partial charge is 0.502 e. The number of carbonyl (C=O) groups is 1. The number of methoxy groups -OCH3 is 2. The number of fused-ring (bicyclic) bond motifs is 1. The third kappa shape index (κ3) is 3.77. The van der Waals surface area contributed by atoms with Gasteiger partial charge in [0.15, 0.2) is 11.5 Å². The highest BCUT2D eigenvalue weighted by Gasteiger charge is 2.12. The topological polar surface area (TPSA) is 111 Å². The normalized spacial score (nSPS) is 11.1. The van der Waals surface area contributed by atoms with E-state index in [0.717, 1.165) is 0 Å². The molecule has 150 valence electrons. The Labute approximate surface area is 166 Å². The number of nitrogens with zero attached hydrogens (tertiary/aromatic N) is 2. The first-order valence-corrected chi connectivity index (χ1v) is 8.80. The molecule has 8 heteroatoms. The van der Waals surface area contributed by atoms with Crippen LogP contribution in [0.4, 0.5) is 0 Å². The van der Waals surface area contributed by atoms with E-state index in [2.05, 4.69) is 4.98 Å². The molecule has 0 spiro atoms.